The third-order valence-electron chi connectivity index (χ3n) is 8.05. The highest BCUT2D eigenvalue weighted by atomic mass is 79.9. The Hall–Kier alpha value is -3.21. The smallest absolute Gasteiger partial charge is 0.132 e. The van der Waals surface area contributed by atoms with Crippen LogP contribution in [0.15, 0.2) is 95.5 Å². The summed E-state index contributed by atoms with van der Waals surface area (Å²) in [6.07, 6.45) is 4.39. The summed E-state index contributed by atoms with van der Waals surface area (Å²) in [6.45, 7) is 3.17. The molecule has 39 heavy (non-hydrogen) atoms. The maximum absolute atomic E-state index is 5.54. The van der Waals surface area contributed by atoms with E-state index in [0.29, 0.717) is 0 Å². The molecule has 4 heteroatoms. The molecule has 0 N–H and O–H groups in total. The van der Waals surface area contributed by atoms with Crippen LogP contribution < -0.4 is 4.90 Å². The van der Waals surface area contributed by atoms with Crippen molar-refractivity contribution in [1.29, 1.82) is 0 Å². The summed E-state index contributed by atoms with van der Waals surface area (Å²) in [5.41, 5.74) is 6.47. The first kappa shape index (κ1) is 26.0. The Morgan fingerprint density at radius 3 is 2.36 bits per heavy atom. The summed E-state index contributed by atoms with van der Waals surface area (Å²) >= 11 is 3.88. The van der Waals surface area contributed by atoms with Crippen LogP contribution in [0.4, 0.5) is 5.82 Å². The van der Waals surface area contributed by atoms with Crippen LogP contribution in [-0.2, 0) is 6.42 Å². The third kappa shape index (κ3) is 5.59. The number of nitrogens with zero attached hydrogens (tertiary/aromatic N) is 3. The summed E-state index contributed by atoms with van der Waals surface area (Å²) in [5.74, 6) is 1.40. The molecule has 3 nitrogen and oxygen atoms in total. The number of fused-ring (bicyclic) bond motifs is 2. The van der Waals surface area contributed by atoms with E-state index in [1.807, 2.05) is 0 Å². The second kappa shape index (κ2) is 11.5. The highest BCUT2D eigenvalue weighted by Gasteiger charge is 2.24. The van der Waals surface area contributed by atoms with Crippen molar-refractivity contribution in [3.63, 3.8) is 0 Å². The van der Waals surface area contributed by atoms with Gasteiger partial charge in [-0.2, -0.15) is 0 Å². The van der Waals surface area contributed by atoms with Crippen LogP contribution >= 0.6 is 15.9 Å². The summed E-state index contributed by atoms with van der Waals surface area (Å²) in [7, 11) is 4.33. The van der Waals surface area contributed by atoms with Crippen molar-refractivity contribution in [2.75, 3.05) is 38.6 Å². The predicted molar refractivity (Wildman–Crippen MR) is 169 cm³/mol. The molecule has 0 saturated carbocycles. The van der Waals surface area contributed by atoms with Gasteiger partial charge in [0.25, 0.3) is 0 Å². The molecule has 1 aliphatic rings. The minimum Gasteiger partial charge on any atom is -0.356 e. The molecule has 0 amide bonds. The molecular formula is C35H36BrN3. The van der Waals surface area contributed by atoms with Gasteiger partial charge >= 0.3 is 0 Å². The van der Waals surface area contributed by atoms with Gasteiger partial charge in [-0.15, -0.1) is 0 Å². The number of anilines is 1. The predicted octanol–water partition coefficient (Wildman–Crippen LogP) is 8.43. The Morgan fingerprint density at radius 2 is 1.56 bits per heavy atom. The van der Waals surface area contributed by atoms with Crippen LogP contribution in [0.25, 0.3) is 21.7 Å². The first-order valence-electron chi connectivity index (χ1n) is 14.1. The lowest BCUT2D eigenvalue weighted by Gasteiger charge is -2.26. The standard InChI is InChI=1S/C35H36BrN3/c1-38(2)20-17-32(31-16-10-14-26-13-6-7-15-30(26)31)33-24-29(36)23-27-22-28(21-25-11-4-3-5-12-25)35(37-34(27)33)39-18-8-9-19-39/h3-7,10-16,22-24,32H,8-9,17-21H2,1-2H3. The van der Waals surface area contributed by atoms with E-state index in [9.17, 15) is 0 Å². The van der Waals surface area contributed by atoms with Gasteiger partial charge in [0, 0.05) is 35.3 Å². The molecule has 5 aromatic rings. The minimum atomic E-state index is 0.234. The SMILES string of the molecule is CN(C)CCC(c1cccc2ccccc12)c1cc(Br)cc2cc(Cc3ccccc3)c(N3CCCC3)nc12. The Labute approximate surface area is 240 Å². The third-order valence-corrected chi connectivity index (χ3v) is 8.51. The van der Waals surface area contributed by atoms with Gasteiger partial charge in [-0.25, -0.2) is 4.98 Å². The molecule has 0 aliphatic carbocycles. The van der Waals surface area contributed by atoms with Gasteiger partial charge < -0.3 is 9.80 Å². The van der Waals surface area contributed by atoms with Gasteiger partial charge in [0.05, 0.1) is 5.52 Å². The van der Waals surface area contributed by atoms with Gasteiger partial charge in [0.1, 0.15) is 5.82 Å². The number of rotatable bonds is 8. The van der Waals surface area contributed by atoms with Gasteiger partial charge in [0.15, 0.2) is 0 Å². The van der Waals surface area contributed by atoms with Crippen LogP contribution in [-0.4, -0.2) is 43.6 Å². The van der Waals surface area contributed by atoms with Gasteiger partial charge in [0.2, 0.25) is 0 Å². The summed E-state index contributed by atoms with van der Waals surface area (Å²) in [6, 6.07) is 33.3. The number of halogens is 1. The zero-order chi connectivity index (χ0) is 26.8. The van der Waals surface area contributed by atoms with Crippen LogP contribution in [0, 0.1) is 0 Å². The fraction of sp³-hybridized carbons (Fsp3) is 0.286. The number of hydrogen-bond acceptors (Lipinski definition) is 3. The molecule has 1 aliphatic heterocycles. The van der Waals surface area contributed by atoms with Crippen molar-refractivity contribution in [2.24, 2.45) is 0 Å². The summed E-state index contributed by atoms with van der Waals surface area (Å²) < 4.78 is 1.11. The van der Waals surface area contributed by atoms with E-state index in [4.69, 9.17) is 4.98 Å². The van der Waals surface area contributed by atoms with E-state index in [0.717, 1.165) is 48.3 Å². The zero-order valence-electron chi connectivity index (χ0n) is 22.9. The zero-order valence-corrected chi connectivity index (χ0v) is 24.5. The number of pyridine rings is 1. The van der Waals surface area contributed by atoms with E-state index in [2.05, 4.69) is 131 Å². The normalized spacial score (nSPS) is 14.5. The fourth-order valence-electron chi connectivity index (χ4n) is 6.15. The molecule has 2 heterocycles. The molecule has 1 fully saturated rings. The van der Waals surface area contributed by atoms with Crippen LogP contribution in [0.1, 0.15) is 47.4 Å². The first-order chi connectivity index (χ1) is 19.1. The van der Waals surface area contributed by atoms with E-state index in [1.165, 1.54) is 51.3 Å². The minimum absolute atomic E-state index is 0.234. The molecule has 6 rings (SSSR count). The van der Waals surface area contributed by atoms with Crippen molar-refractivity contribution in [3.05, 3.63) is 118 Å². The summed E-state index contributed by atoms with van der Waals surface area (Å²) in [5, 5.41) is 3.83. The van der Waals surface area contributed by atoms with Crippen LogP contribution in [0.5, 0.6) is 0 Å². The van der Waals surface area contributed by atoms with E-state index >= 15 is 0 Å². The molecule has 4 aromatic carbocycles. The molecule has 1 atom stereocenters. The maximum Gasteiger partial charge on any atom is 0.132 e. The molecule has 0 bridgehead atoms. The maximum atomic E-state index is 5.54. The van der Waals surface area contributed by atoms with Gasteiger partial charge in [-0.05, 0) is 91.1 Å². The Morgan fingerprint density at radius 1 is 0.821 bits per heavy atom. The van der Waals surface area contributed by atoms with E-state index < -0.39 is 0 Å². The average Bonchev–Trinajstić information content (AvgIpc) is 3.48. The number of benzene rings is 4. The van der Waals surface area contributed by atoms with Crippen molar-refractivity contribution in [3.8, 4) is 0 Å². The first-order valence-corrected chi connectivity index (χ1v) is 14.9. The number of hydrogen-bond donors (Lipinski definition) is 0. The highest BCUT2D eigenvalue weighted by Crippen LogP contribution is 2.40. The largest absolute Gasteiger partial charge is 0.356 e. The summed E-state index contributed by atoms with van der Waals surface area (Å²) in [4.78, 5) is 10.3. The quantitative estimate of drug-likeness (QED) is 0.184. The van der Waals surface area contributed by atoms with Gasteiger partial charge in [-0.1, -0.05) is 88.7 Å². The molecule has 1 unspecified atom stereocenters. The Kier molecular flexibility index (Phi) is 7.67. The monoisotopic (exact) mass is 577 g/mol. The van der Waals surface area contributed by atoms with Crippen molar-refractivity contribution in [2.45, 2.75) is 31.6 Å². The second-order valence-corrected chi connectivity index (χ2v) is 12.0. The Bertz CT molecular complexity index is 1580. The second-order valence-electron chi connectivity index (χ2n) is 11.1. The lowest BCUT2D eigenvalue weighted by Crippen LogP contribution is -2.21. The Balaban J connectivity index is 1.55. The van der Waals surface area contributed by atoms with Crippen molar-refractivity contribution >= 4 is 43.4 Å². The molecular weight excluding hydrogens is 542 g/mol. The number of aromatic nitrogens is 1. The van der Waals surface area contributed by atoms with Crippen LogP contribution in [0.2, 0.25) is 0 Å². The molecule has 198 valence electrons. The lowest BCUT2D eigenvalue weighted by atomic mass is 9.84. The molecule has 0 radical (unpaired) electrons. The van der Waals surface area contributed by atoms with Crippen molar-refractivity contribution in [1.82, 2.24) is 9.88 Å². The van der Waals surface area contributed by atoms with Gasteiger partial charge in [-0.3, -0.25) is 0 Å². The fourth-order valence-corrected chi connectivity index (χ4v) is 6.64. The lowest BCUT2D eigenvalue weighted by molar-refractivity contribution is 0.391. The average molecular weight is 579 g/mol. The highest BCUT2D eigenvalue weighted by molar-refractivity contribution is 9.10. The molecule has 0 spiro atoms. The van der Waals surface area contributed by atoms with Crippen molar-refractivity contribution < 1.29 is 0 Å². The van der Waals surface area contributed by atoms with E-state index in [-0.39, 0.29) is 5.92 Å². The van der Waals surface area contributed by atoms with Crippen LogP contribution in [0.3, 0.4) is 0 Å². The molecule has 1 aromatic heterocycles. The topological polar surface area (TPSA) is 19.4 Å². The molecule has 1 saturated heterocycles. The van der Waals surface area contributed by atoms with E-state index in [1.54, 1.807) is 0 Å².